The smallest absolute Gasteiger partial charge is 0.325 e. The molecule has 0 atom stereocenters. The number of carbonyl (C=O) groups is 2. The van der Waals surface area contributed by atoms with Crippen LogP contribution in [0.25, 0.3) is 10.2 Å². The van der Waals surface area contributed by atoms with E-state index in [-0.39, 0.29) is 30.4 Å². The number of fused-ring (bicyclic) bond motifs is 1. The topological polar surface area (TPSA) is 98.0 Å². The summed E-state index contributed by atoms with van der Waals surface area (Å²) in [5.41, 5.74) is 2.86. The van der Waals surface area contributed by atoms with Crippen molar-refractivity contribution in [1.29, 1.82) is 0 Å². The second-order valence-electron chi connectivity index (χ2n) is 8.56. The van der Waals surface area contributed by atoms with E-state index >= 15 is 0 Å². The molecule has 0 aliphatic carbocycles. The van der Waals surface area contributed by atoms with Crippen LogP contribution in [0.4, 0.5) is 4.39 Å². The number of nitrogens with zero attached hydrogens (tertiary/aromatic N) is 3. The largest absolute Gasteiger partial charge is 0.468 e. The van der Waals surface area contributed by atoms with Crippen LogP contribution in [0, 0.1) is 25.6 Å². The molecule has 8 nitrogen and oxygen atoms in total. The summed E-state index contributed by atoms with van der Waals surface area (Å²) in [5.74, 6) is -1.74. The molecule has 0 bridgehead atoms. The van der Waals surface area contributed by atoms with E-state index in [0.717, 1.165) is 33.5 Å². The average Bonchev–Trinajstić information content (AvgIpc) is 3.16. The van der Waals surface area contributed by atoms with Gasteiger partial charge in [-0.05, 0) is 68.1 Å². The summed E-state index contributed by atoms with van der Waals surface area (Å²) < 4.78 is 47.7. The number of hydrogen-bond acceptors (Lipinski definition) is 6. The summed E-state index contributed by atoms with van der Waals surface area (Å²) in [4.78, 5) is 29.9. The molecule has 35 heavy (non-hydrogen) atoms. The van der Waals surface area contributed by atoms with Gasteiger partial charge >= 0.3 is 5.97 Å². The Morgan fingerprint density at radius 3 is 2.43 bits per heavy atom. The van der Waals surface area contributed by atoms with Crippen LogP contribution in [0.15, 0.2) is 46.3 Å². The van der Waals surface area contributed by atoms with Crippen molar-refractivity contribution in [2.75, 3.05) is 20.2 Å². The van der Waals surface area contributed by atoms with E-state index in [2.05, 4.69) is 4.99 Å². The number of piperidine rings is 1. The average molecular weight is 520 g/mol. The molecule has 0 N–H and O–H groups in total. The van der Waals surface area contributed by atoms with Gasteiger partial charge in [0.25, 0.3) is 5.91 Å². The van der Waals surface area contributed by atoms with Gasteiger partial charge in [0.05, 0.1) is 22.2 Å². The molecule has 1 saturated heterocycles. The van der Waals surface area contributed by atoms with E-state index in [1.807, 2.05) is 26.0 Å². The fraction of sp³-hybridized carbons (Fsp3) is 0.375. The quantitative estimate of drug-likeness (QED) is 0.483. The third-order valence-corrected chi connectivity index (χ3v) is 9.23. The summed E-state index contributed by atoms with van der Waals surface area (Å²) in [6.45, 7) is 4.19. The van der Waals surface area contributed by atoms with E-state index < -0.39 is 27.7 Å². The van der Waals surface area contributed by atoms with E-state index in [1.165, 1.54) is 34.9 Å². The van der Waals surface area contributed by atoms with Crippen LogP contribution in [-0.4, -0.2) is 49.4 Å². The predicted molar refractivity (Wildman–Crippen MR) is 130 cm³/mol. The highest BCUT2D eigenvalue weighted by Crippen LogP contribution is 2.26. The van der Waals surface area contributed by atoms with Crippen molar-refractivity contribution in [3.05, 3.63) is 58.1 Å². The first-order valence-electron chi connectivity index (χ1n) is 11.1. The van der Waals surface area contributed by atoms with Gasteiger partial charge < -0.3 is 9.30 Å². The lowest BCUT2D eigenvalue weighted by molar-refractivity contribution is -0.141. The summed E-state index contributed by atoms with van der Waals surface area (Å²) in [6, 6.07) is 8.68. The van der Waals surface area contributed by atoms with Crippen LogP contribution in [0.5, 0.6) is 0 Å². The highest BCUT2D eigenvalue weighted by atomic mass is 32.2. The molecular weight excluding hydrogens is 493 g/mol. The van der Waals surface area contributed by atoms with Crippen molar-refractivity contribution in [1.82, 2.24) is 8.87 Å². The number of carbonyl (C=O) groups excluding carboxylic acids is 2. The molecule has 3 aromatic rings. The number of rotatable bonds is 5. The standard InChI is InChI=1S/C24H26FN3O5S2/c1-15-12-16(2)22-20(13-15)28(14-21(29)33-3)24(34-22)26-23(30)17-8-10-27(11-9-17)35(31,32)19-6-4-18(25)5-7-19/h4-7,12-13,17H,8-11,14H2,1-3H3. The first kappa shape index (κ1) is 25.2. The van der Waals surface area contributed by atoms with Crippen LogP contribution in [0.2, 0.25) is 0 Å². The normalized spacial score (nSPS) is 16.1. The number of amides is 1. The molecule has 1 aromatic heterocycles. The zero-order valence-corrected chi connectivity index (χ0v) is 21.3. The molecular formula is C24H26FN3O5S2. The van der Waals surface area contributed by atoms with E-state index in [4.69, 9.17) is 4.74 Å². The summed E-state index contributed by atoms with van der Waals surface area (Å²) in [7, 11) is -2.46. The molecule has 1 aliphatic rings. The molecule has 0 spiro atoms. The monoisotopic (exact) mass is 519 g/mol. The molecule has 11 heteroatoms. The van der Waals surface area contributed by atoms with Crippen LogP contribution >= 0.6 is 11.3 Å². The number of thiazole rings is 1. The Hall–Kier alpha value is -2.89. The van der Waals surface area contributed by atoms with Crippen molar-refractivity contribution in [2.45, 2.75) is 38.1 Å². The van der Waals surface area contributed by atoms with Gasteiger partial charge in [0.15, 0.2) is 4.80 Å². The number of benzene rings is 2. The molecule has 0 saturated carbocycles. The van der Waals surface area contributed by atoms with Crippen LogP contribution in [0.3, 0.4) is 0 Å². The van der Waals surface area contributed by atoms with Gasteiger partial charge in [0, 0.05) is 19.0 Å². The van der Waals surface area contributed by atoms with Crippen molar-refractivity contribution in [3.63, 3.8) is 0 Å². The molecule has 186 valence electrons. The fourth-order valence-electron chi connectivity index (χ4n) is 4.23. The zero-order valence-electron chi connectivity index (χ0n) is 19.7. The predicted octanol–water partition coefficient (Wildman–Crippen LogP) is 3.16. The van der Waals surface area contributed by atoms with Crippen molar-refractivity contribution in [2.24, 2.45) is 10.9 Å². The van der Waals surface area contributed by atoms with Crippen molar-refractivity contribution >= 4 is 43.5 Å². The highest BCUT2D eigenvalue weighted by molar-refractivity contribution is 7.89. The number of methoxy groups -OCH3 is 1. The Bertz CT molecular complexity index is 1450. The minimum Gasteiger partial charge on any atom is -0.468 e. The molecule has 1 aliphatic heterocycles. The second kappa shape index (κ2) is 10.00. The lowest BCUT2D eigenvalue weighted by Crippen LogP contribution is -2.40. The van der Waals surface area contributed by atoms with Crippen LogP contribution in [-0.2, 0) is 30.9 Å². The summed E-state index contributed by atoms with van der Waals surface area (Å²) >= 11 is 1.34. The van der Waals surface area contributed by atoms with Crippen molar-refractivity contribution in [3.8, 4) is 0 Å². The molecule has 2 aromatic carbocycles. The van der Waals surface area contributed by atoms with Crippen LogP contribution in [0.1, 0.15) is 24.0 Å². The number of aromatic nitrogens is 1. The first-order valence-corrected chi connectivity index (χ1v) is 13.4. The number of aryl methyl sites for hydroxylation is 2. The maximum Gasteiger partial charge on any atom is 0.325 e. The van der Waals surface area contributed by atoms with E-state index in [9.17, 15) is 22.4 Å². The SMILES string of the molecule is COC(=O)Cn1c(=NC(=O)C2CCN(S(=O)(=O)c3ccc(F)cc3)CC2)sc2c(C)cc(C)cc21. The van der Waals surface area contributed by atoms with Gasteiger partial charge in [-0.25, -0.2) is 12.8 Å². The molecule has 1 amide bonds. The zero-order chi connectivity index (χ0) is 25.3. The molecule has 0 radical (unpaired) electrons. The Labute approximate surface area is 206 Å². The Kier molecular flexibility index (Phi) is 7.20. The molecule has 4 rings (SSSR count). The lowest BCUT2D eigenvalue weighted by atomic mass is 9.98. The maximum atomic E-state index is 13.2. The number of sulfonamides is 1. The maximum absolute atomic E-state index is 13.2. The van der Waals surface area contributed by atoms with Gasteiger partial charge in [-0.15, -0.1) is 0 Å². The molecule has 1 fully saturated rings. The van der Waals surface area contributed by atoms with Crippen molar-refractivity contribution < 1.29 is 27.1 Å². The van der Waals surface area contributed by atoms with Gasteiger partial charge in [-0.3, -0.25) is 9.59 Å². The lowest BCUT2D eigenvalue weighted by Gasteiger charge is -2.29. The second-order valence-corrected chi connectivity index (χ2v) is 11.5. The number of hydrogen-bond donors (Lipinski definition) is 0. The Balaban J connectivity index is 1.58. The van der Waals surface area contributed by atoms with Gasteiger partial charge in [-0.1, -0.05) is 17.4 Å². The number of esters is 1. The van der Waals surface area contributed by atoms with Gasteiger partial charge in [-0.2, -0.15) is 9.30 Å². The number of ether oxygens (including phenoxy) is 1. The van der Waals surface area contributed by atoms with Crippen LogP contribution < -0.4 is 4.80 Å². The fourth-order valence-corrected chi connectivity index (χ4v) is 6.78. The molecule has 0 unspecified atom stereocenters. The third-order valence-electron chi connectivity index (χ3n) is 6.09. The highest BCUT2D eigenvalue weighted by Gasteiger charge is 2.32. The van der Waals surface area contributed by atoms with Gasteiger partial charge in [0.2, 0.25) is 10.0 Å². The Morgan fingerprint density at radius 2 is 1.80 bits per heavy atom. The van der Waals surface area contributed by atoms with Gasteiger partial charge in [0.1, 0.15) is 12.4 Å². The summed E-state index contributed by atoms with van der Waals surface area (Å²) in [6.07, 6.45) is 0.644. The minimum atomic E-state index is -3.76. The van der Waals surface area contributed by atoms with E-state index in [1.54, 1.807) is 4.57 Å². The molecule has 2 heterocycles. The Morgan fingerprint density at radius 1 is 1.14 bits per heavy atom. The van der Waals surface area contributed by atoms with E-state index in [0.29, 0.717) is 17.6 Å². The number of halogens is 1. The first-order chi connectivity index (χ1) is 16.6. The minimum absolute atomic E-state index is 0.0214. The third kappa shape index (κ3) is 5.21. The summed E-state index contributed by atoms with van der Waals surface area (Å²) in [5, 5.41) is 0.